The number of phenolic OH excluding ortho intramolecular Hbond substituents is 1. The molecule has 1 aromatic heterocycles. The number of nitrogens with zero attached hydrogens (tertiary/aromatic N) is 3. The predicted molar refractivity (Wildman–Crippen MR) is 129 cm³/mol. The molecule has 4 N–H and O–H groups in total. The van der Waals surface area contributed by atoms with Gasteiger partial charge in [-0.1, -0.05) is 6.07 Å². The Balaban J connectivity index is 1.36. The summed E-state index contributed by atoms with van der Waals surface area (Å²) in [6.45, 7) is 3.29. The molecule has 0 saturated carbocycles. The Labute approximate surface area is 202 Å². The Kier molecular flexibility index (Phi) is 6.12. The summed E-state index contributed by atoms with van der Waals surface area (Å²) >= 11 is 0. The molecule has 2 aliphatic rings. The first-order valence-electron chi connectivity index (χ1n) is 11.8. The van der Waals surface area contributed by atoms with Crippen molar-refractivity contribution in [2.75, 3.05) is 33.2 Å². The lowest BCUT2D eigenvalue weighted by Crippen LogP contribution is -2.30. The summed E-state index contributed by atoms with van der Waals surface area (Å²) in [7, 11) is 1.82. The molecular weight excluding hydrogens is 448 g/mol. The van der Waals surface area contributed by atoms with Crippen molar-refractivity contribution in [3.05, 3.63) is 58.3 Å². The van der Waals surface area contributed by atoms with E-state index >= 15 is 0 Å². The normalized spacial score (nSPS) is 15.0. The Hall–Kier alpha value is -3.92. The van der Waals surface area contributed by atoms with Crippen molar-refractivity contribution in [3.63, 3.8) is 0 Å². The molecule has 2 aliphatic heterocycles. The van der Waals surface area contributed by atoms with Crippen LogP contribution in [0.25, 0.3) is 10.9 Å². The molecule has 182 valence electrons. The first kappa shape index (κ1) is 22.9. The van der Waals surface area contributed by atoms with E-state index in [-0.39, 0.29) is 34.7 Å². The van der Waals surface area contributed by atoms with Gasteiger partial charge in [0.1, 0.15) is 5.75 Å². The summed E-state index contributed by atoms with van der Waals surface area (Å²) < 4.78 is 0. The Morgan fingerprint density at radius 2 is 1.77 bits per heavy atom. The maximum atomic E-state index is 13.4. The molecule has 3 amide bonds. The van der Waals surface area contributed by atoms with Crippen LogP contribution in [0.3, 0.4) is 0 Å². The van der Waals surface area contributed by atoms with Gasteiger partial charge in [-0.3, -0.25) is 19.5 Å². The van der Waals surface area contributed by atoms with Crippen LogP contribution in [0.1, 0.15) is 55.2 Å². The van der Waals surface area contributed by atoms with E-state index in [1.54, 1.807) is 21.9 Å². The number of phenols is 1. The monoisotopic (exact) mass is 476 g/mol. The fourth-order valence-corrected chi connectivity index (χ4v) is 4.71. The van der Waals surface area contributed by atoms with Gasteiger partial charge in [0.05, 0.1) is 11.1 Å². The topological polar surface area (TPSA) is 131 Å². The average Bonchev–Trinajstić information content (AvgIpc) is 3.61. The van der Waals surface area contributed by atoms with Crippen LogP contribution in [-0.4, -0.2) is 76.1 Å². The van der Waals surface area contributed by atoms with Gasteiger partial charge in [0, 0.05) is 56.3 Å². The number of carbonyl (C=O) groups excluding carboxylic acids is 3. The first-order valence-corrected chi connectivity index (χ1v) is 11.8. The molecule has 0 aliphatic carbocycles. The van der Waals surface area contributed by atoms with Gasteiger partial charge in [-0.15, -0.1) is 0 Å². The summed E-state index contributed by atoms with van der Waals surface area (Å²) in [5.74, 6) is -0.855. The molecule has 2 aromatic carbocycles. The second kappa shape index (κ2) is 9.38. The number of aromatic hydroxyl groups is 1. The van der Waals surface area contributed by atoms with Gasteiger partial charge in [-0.2, -0.15) is 5.10 Å². The van der Waals surface area contributed by atoms with Crippen LogP contribution in [0, 0.1) is 0 Å². The number of aromatic amines is 1. The maximum absolute atomic E-state index is 13.4. The zero-order chi connectivity index (χ0) is 24.5. The summed E-state index contributed by atoms with van der Waals surface area (Å²) in [5, 5.41) is 23.9. The van der Waals surface area contributed by atoms with Crippen LogP contribution in [0.5, 0.6) is 5.75 Å². The molecule has 10 nitrogen and oxygen atoms in total. The first-order chi connectivity index (χ1) is 17.0. The summed E-state index contributed by atoms with van der Waals surface area (Å²) in [6, 6.07) is 8.41. The van der Waals surface area contributed by atoms with E-state index in [4.69, 9.17) is 0 Å². The third-order valence-electron chi connectivity index (χ3n) is 6.64. The van der Waals surface area contributed by atoms with Crippen molar-refractivity contribution in [3.8, 4) is 5.75 Å². The standard InChI is InChI=1S/C25H28N6O4/c1-26-6-7-27-23(33)15-4-5-16-13-31(14-17(16)10-15)24(34)19-11-18-20(12-21(19)32)28-29-22(18)25(35)30-8-2-3-9-30/h4-5,10-12,26,32H,2-3,6-9,13-14H2,1H3,(H,27,33)(H,28,29). The molecule has 1 saturated heterocycles. The lowest BCUT2D eigenvalue weighted by atomic mass is 10.1. The smallest absolute Gasteiger partial charge is 0.274 e. The molecule has 3 heterocycles. The average molecular weight is 477 g/mol. The molecule has 3 aromatic rings. The van der Waals surface area contributed by atoms with Crippen molar-refractivity contribution in [2.24, 2.45) is 0 Å². The molecule has 5 rings (SSSR count). The van der Waals surface area contributed by atoms with Gasteiger partial charge >= 0.3 is 0 Å². The molecule has 0 bridgehead atoms. The number of likely N-dealkylation sites (tertiary alicyclic amines) is 1. The second-order valence-corrected chi connectivity index (χ2v) is 8.99. The number of benzene rings is 2. The van der Waals surface area contributed by atoms with Crippen molar-refractivity contribution in [1.29, 1.82) is 0 Å². The zero-order valence-electron chi connectivity index (χ0n) is 19.6. The molecule has 1 fully saturated rings. The number of hydrogen-bond acceptors (Lipinski definition) is 6. The lowest BCUT2D eigenvalue weighted by Gasteiger charge is -2.17. The summed E-state index contributed by atoms with van der Waals surface area (Å²) in [5.41, 5.74) is 3.27. The maximum Gasteiger partial charge on any atom is 0.274 e. The van der Waals surface area contributed by atoms with Crippen LogP contribution in [0.4, 0.5) is 0 Å². The number of carbonyl (C=O) groups is 3. The van der Waals surface area contributed by atoms with Gasteiger partial charge in [0.15, 0.2) is 5.69 Å². The molecule has 10 heteroatoms. The van der Waals surface area contributed by atoms with Crippen LogP contribution < -0.4 is 10.6 Å². The lowest BCUT2D eigenvalue weighted by molar-refractivity contribution is 0.0746. The Morgan fingerprint density at radius 3 is 2.54 bits per heavy atom. The molecule has 0 radical (unpaired) electrons. The van der Waals surface area contributed by atoms with E-state index in [0.717, 1.165) is 24.0 Å². The fraction of sp³-hybridized carbons (Fsp3) is 0.360. The van der Waals surface area contributed by atoms with E-state index in [2.05, 4.69) is 20.8 Å². The van der Waals surface area contributed by atoms with Crippen molar-refractivity contribution < 1.29 is 19.5 Å². The number of likely N-dealkylation sites (N-methyl/N-ethyl adjacent to an activating group) is 1. The van der Waals surface area contributed by atoms with Gasteiger partial charge < -0.3 is 25.5 Å². The zero-order valence-corrected chi connectivity index (χ0v) is 19.6. The van der Waals surface area contributed by atoms with Gasteiger partial charge in [-0.25, -0.2) is 0 Å². The molecule has 0 spiro atoms. The highest BCUT2D eigenvalue weighted by Crippen LogP contribution is 2.31. The number of aromatic nitrogens is 2. The van der Waals surface area contributed by atoms with Crippen LogP contribution >= 0.6 is 0 Å². The quantitative estimate of drug-likeness (QED) is 0.400. The van der Waals surface area contributed by atoms with Crippen LogP contribution in [0.15, 0.2) is 30.3 Å². The fourth-order valence-electron chi connectivity index (χ4n) is 4.71. The number of nitrogens with one attached hydrogen (secondary N) is 3. The van der Waals surface area contributed by atoms with E-state index in [1.807, 2.05) is 19.2 Å². The van der Waals surface area contributed by atoms with E-state index in [0.29, 0.717) is 55.7 Å². The number of hydrogen-bond donors (Lipinski definition) is 4. The van der Waals surface area contributed by atoms with Crippen LogP contribution in [-0.2, 0) is 13.1 Å². The minimum Gasteiger partial charge on any atom is -0.507 e. The highest BCUT2D eigenvalue weighted by molar-refractivity contribution is 6.08. The highest BCUT2D eigenvalue weighted by Gasteiger charge is 2.29. The number of fused-ring (bicyclic) bond motifs is 2. The number of rotatable bonds is 6. The summed E-state index contributed by atoms with van der Waals surface area (Å²) in [6.07, 6.45) is 1.93. The van der Waals surface area contributed by atoms with E-state index in [9.17, 15) is 19.5 Å². The Bertz CT molecular complexity index is 1310. The number of H-pyrrole nitrogens is 1. The van der Waals surface area contributed by atoms with Crippen LogP contribution in [0.2, 0.25) is 0 Å². The molecular formula is C25H28N6O4. The molecule has 35 heavy (non-hydrogen) atoms. The minimum absolute atomic E-state index is 0.118. The summed E-state index contributed by atoms with van der Waals surface area (Å²) in [4.78, 5) is 42.1. The molecule has 0 unspecified atom stereocenters. The molecule has 0 atom stereocenters. The van der Waals surface area contributed by atoms with Crippen molar-refractivity contribution in [2.45, 2.75) is 25.9 Å². The Morgan fingerprint density at radius 1 is 1.00 bits per heavy atom. The van der Waals surface area contributed by atoms with Gasteiger partial charge in [0.2, 0.25) is 0 Å². The number of amides is 3. The van der Waals surface area contributed by atoms with Crippen molar-refractivity contribution in [1.82, 2.24) is 30.6 Å². The van der Waals surface area contributed by atoms with E-state index in [1.165, 1.54) is 6.07 Å². The van der Waals surface area contributed by atoms with E-state index < -0.39 is 0 Å². The minimum atomic E-state index is -0.346. The largest absolute Gasteiger partial charge is 0.507 e. The predicted octanol–water partition coefficient (Wildman–Crippen LogP) is 1.61. The van der Waals surface area contributed by atoms with Crippen molar-refractivity contribution >= 4 is 28.6 Å². The SMILES string of the molecule is CNCCNC(=O)c1ccc2c(c1)CN(C(=O)c1cc3c(C(=O)N4CCCC4)n[nH]c3cc1O)C2. The third kappa shape index (κ3) is 4.32. The highest BCUT2D eigenvalue weighted by atomic mass is 16.3. The van der Waals surface area contributed by atoms with Gasteiger partial charge in [-0.05, 0) is 49.2 Å². The third-order valence-corrected chi connectivity index (χ3v) is 6.64. The second-order valence-electron chi connectivity index (χ2n) is 8.99. The van der Waals surface area contributed by atoms with Gasteiger partial charge in [0.25, 0.3) is 17.7 Å².